The SMILES string of the molecule is C/C=C(\NC=NC)c1nc(C23CCC(C(=O)O)(CC2)CC3)[nH]c1C.CC. The van der Waals surface area contributed by atoms with Gasteiger partial charge in [0.2, 0.25) is 0 Å². The Balaban J connectivity index is 0.00000117. The van der Waals surface area contributed by atoms with Gasteiger partial charge in [0.1, 0.15) is 11.5 Å². The Morgan fingerprint density at radius 2 is 1.81 bits per heavy atom. The smallest absolute Gasteiger partial charge is 0.309 e. The van der Waals surface area contributed by atoms with Crippen molar-refractivity contribution >= 4 is 18.0 Å². The highest BCUT2D eigenvalue weighted by Crippen LogP contribution is 2.57. The number of carbonyl (C=O) groups is 1. The number of aliphatic imine (C=N–C) groups is 1. The maximum absolute atomic E-state index is 11.6. The molecule has 1 aromatic heterocycles. The Kier molecular flexibility index (Phi) is 6.26. The molecule has 1 aromatic rings. The predicted molar refractivity (Wildman–Crippen MR) is 105 cm³/mol. The first-order valence-corrected chi connectivity index (χ1v) is 9.61. The van der Waals surface area contributed by atoms with E-state index >= 15 is 0 Å². The van der Waals surface area contributed by atoms with Crippen molar-refractivity contribution in [3.8, 4) is 0 Å². The molecule has 4 rings (SSSR count). The minimum Gasteiger partial charge on any atom is -0.481 e. The number of aryl methyl sites for hydroxylation is 1. The Labute approximate surface area is 156 Å². The van der Waals surface area contributed by atoms with Gasteiger partial charge in [0, 0.05) is 18.2 Å². The van der Waals surface area contributed by atoms with E-state index in [1.807, 2.05) is 33.8 Å². The lowest BCUT2D eigenvalue weighted by Gasteiger charge is -2.50. The zero-order valence-electron chi connectivity index (χ0n) is 16.6. The van der Waals surface area contributed by atoms with Gasteiger partial charge in [0.15, 0.2) is 0 Å². The van der Waals surface area contributed by atoms with E-state index in [1.54, 1.807) is 13.4 Å². The molecule has 3 N–H and O–H groups in total. The van der Waals surface area contributed by atoms with Crippen LogP contribution in [0.1, 0.15) is 76.5 Å². The summed E-state index contributed by atoms with van der Waals surface area (Å²) in [6, 6.07) is 0. The number of aromatic amines is 1. The summed E-state index contributed by atoms with van der Waals surface area (Å²) in [6.45, 7) is 8.00. The number of carboxylic acid groups (broad SMARTS) is 1. The number of nitrogens with one attached hydrogen (secondary N) is 2. The lowest BCUT2D eigenvalue weighted by Crippen LogP contribution is -2.48. The Bertz CT molecular complexity index is 678. The molecule has 2 bridgehead atoms. The number of hydrogen-bond donors (Lipinski definition) is 3. The predicted octanol–water partition coefficient (Wildman–Crippen LogP) is 4.03. The zero-order chi connectivity index (χ0) is 19.4. The third-order valence-corrected chi connectivity index (χ3v) is 5.98. The van der Waals surface area contributed by atoms with E-state index in [0.29, 0.717) is 0 Å². The summed E-state index contributed by atoms with van der Waals surface area (Å²) >= 11 is 0. The summed E-state index contributed by atoms with van der Waals surface area (Å²) in [6.07, 6.45) is 8.63. The van der Waals surface area contributed by atoms with Crippen LogP contribution in [0.25, 0.3) is 5.70 Å². The highest BCUT2D eigenvalue weighted by atomic mass is 16.4. The van der Waals surface area contributed by atoms with Crippen LogP contribution in [0.5, 0.6) is 0 Å². The monoisotopic (exact) mass is 360 g/mol. The molecule has 0 saturated heterocycles. The average molecular weight is 361 g/mol. The van der Waals surface area contributed by atoms with E-state index in [4.69, 9.17) is 4.98 Å². The summed E-state index contributed by atoms with van der Waals surface area (Å²) in [4.78, 5) is 24.0. The molecule has 3 aliphatic carbocycles. The number of H-pyrrole nitrogens is 1. The largest absolute Gasteiger partial charge is 0.481 e. The second-order valence-electron chi connectivity index (χ2n) is 7.16. The maximum atomic E-state index is 11.6. The first-order chi connectivity index (χ1) is 12.5. The summed E-state index contributed by atoms with van der Waals surface area (Å²) in [5.41, 5.74) is 2.41. The van der Waals surface area contributed by atoms with Crippen molar-refractivity contribution in [1.82, 2.24) is 15.3 Å². The molecule has 0 spiro atoms. The van der Waals surface area contributed by atoms with Gasteiger partial charge in [-0.3, -0.25) is 9.79 Å². The molecule has 6 nitrogen and oxygen atoms in total. The molecule has 3 fully saturated rings. The maximum Gasteiger partial charge on any atom is 0.309 e. The van der Waals surface area contributed by atoms with Crippen molar-refractivity contribution in [2.24, 2.45) is 10.4 Å². The van der Waals surface area contributed by atoms with E-state index in [0.717, 1.165) is 61.4 Å². The number of imidazole rings is 1. The van der Waals surface area contributed by atoms with Crippen LogP contribution in [-0.2, 0) is 10.2 Å². The number of allylic oxidation sites excluding steroid dienone is 1. The third-order valence-electron chi connectivity index (χ3n) is 5.98. The first-order valence-electron chi connectivity index (χ1n) is 9.61. The van der Waals surface area contributed by atoms with Crippen molar-refractivity contribution < 1.29 is 9.90 Å². The minimum atomic E-state index is -0.619. The summed E-state index contributed by atoms with van der Waals surface area (Å²) in [5, 5.41) is 12.7. The molecule has 3 saturated carbocycles. The molecular formula is C20H32N4O2. The number of carboxylic acids is 1. The molecule has 1 heterocycles. The van der Waals surface area contributed by atoms with Crippen molar-refractivity contribution in [3.63, 3.8) is 0 Å². The van der Waals surface area contributed by atoms with Crippen LogP contribution < -0.4 is 5.32 Å². The van der Waals surface area contributed by atoms with E-state index in [2.05, 4.69) is 15.3 Å². The van der Waals surface area contributed by atoms with Crippen LogP contribution in [0.15, 0.2) is 11.1 Å². The Hall–Kier alpha value is -2.11. The molecule has 6 heteroatoms. The van der Waals surface area contributed by atoms with Gasteiger partial charge in [-0.2, -0.15) is 0 Å². The summed E-state index contributed by atoms with van der Waals surface area (Å²) in [5.74, 6) is 0.398. The van der Waals surface area contributed by atoms with Crippen LogP contribution in [0, 0.1) is 12.3 Å². The van der Waals surface area contributed by atoms with Gasteiger partial charge in [-0.15, -0.1) is 0 Å². The fraction of sp³-hybridized carbons (Fsp3) is 0.650. The second kappa shape index (κ2) is 8.06. The van der Waals surface area contributed by atoms with Crippen LogP contribution >= 0.6 is 0 Å². The van der Waals surface area contributed by atoms with Crippen molar-refractivity contribution in [2.45, 2.75) is 71.6 Å². The van der Waals surface area contributed by atoms with E-state index < -0.39 is 11.4 Å². The Morgan fingerprint density at radius 3 is 2.27 bits per heavy atom. The number of aliphatic carboxylic acids is 1. The van der Waals surface area contributed by atoms with Gasteiger partial charge in [-0.25, -0.2) is 4.98 Å². The summed E-state index contributed by atoms with van der Waals surface area (Å²) in [7, 11) is 1.72. The lowest BCUT2D eigenvalue weighted by atomic mass is 9.53. The van der Waals surface area contributed by atoms with Crippen LogP contribution in [0.3, 0.4) is 0 Å². The van der Waals surface area contributed by atoms with Crippen molar-refractivity contribution in [1.29, 1.82) is 0 Å². The number of aromatic nitrogens is 2. The molecule has 26 heavy (non-hydrogen) atoms. The second-order valence-corrected chi connectivity index (χ2v) is 7.16. The molecule has 0 atom stereocenters. The minimum absolute atomic E-state index is 0.0118. The fourth-order valence-electron chi connectivity index (χ4n) is 4.26. The summed E-state index contributed by atoms with van der Waals surface area (Å²) < 4.78 is 0. The molecule has 0 radical (unpaired) electrons. The van der Waals surface area contributed by atoms with Gasteiger partial charge in [0.05, 0.1) is 17.5 Å². The van der Waals surface area contributed by atoms with Gasteiger partial charge in [-0.05, 0) is 52.4 Å². The third kappa shape index (κ3) is 3.41. The Morgan fingerprint density at radius 1 is 1.23 bits per heavy atom. The van der Waals surface area contributed by atoms with Gasteiger partial charge in [-0.1, -0.05) is 19.9 Å². The molecule has 0 aromatic carbocycles. The molecule has 0 unspecified atom stereocenters. The lowest BCUT2D eigenvalue weighted by molar-refractivity contribution is -0.156. The molecular weight excluding hydrogens is 328 g/mol. The highest BCUT2D eigenvalue weighted by Gasteiger charge is 2.54. The van der Waals surface area contributed by atoms with Gasteiger partial charge >= 0.3 is 5.97 Å². The van der Waals surface area contributed by atoms with Crippen molar-refractivity contribution in [3.05, 3.63) is 23.3 Å². The van der Waals surface area contributed by atoms with E-state index in [-0.39, 0.29) is 5.41 Å². The van der Waals surface area contributed by atoms with E-state index in [9.17, 15) is 9.90 Å². The standard InChI is InChI=1S/C18H26N4O2.C2H6/c1-4-13(20-11-19-3)14-12(2)21-15(22-14)17-5-8-18(9-6-17,10-7-17)16(23)24;1-2/h4,11H,5-10H2,1-3H3,(H,19,20)(H,21,22)(H,23,24);1-2H3/b13-4-;. The number of hydrogen-bond acceptors (Lipinski definition) is 3. The molecule has 3 aliphatic rings. The molecule has 0 amide bonds. The molecule has 0 aliphatic heterocycles. The normalized spacial score (nSPS) is 28.0. The van der Waals surface area contributed by atoms with Crippen molar-refractivity contribution in [2.75, 3.05) is 7.05 Å². The van der Waals surface area contributed by atoms with Gasteiger partial charge in [0.25, 0.3) is 0 Å². The first kappa shape index (κ1) is 20.2. The van der Waals surface area contributed by atoms with Crippen LogP contribution in [0.4, 0.5) is 0 Å². The topological polar surface area (TPSA) is 90.4 Å². The van der Waals surface area contributed by atoms with E-state index in [1.165, 1.54) is 0 Å². The number of fused-ring (bicyclic) bond motifs is 3. The number of nitrogens with zero attached hydrogens (tertiary/aromatic N) is 2. The van der Waals surface area contributed by atoms with Gasteiger partial charge < -0.3 is 15.4 Å². The zero-order valence-corrected chi connectivity index (χ0v) is 16.6. The quantitative estimate of drug-likeness (QED) is 0.546. The highest BCUT2D eigenvalue weighted by molar-refractivity contribution is 5.76. The van der Waals surface area contributed by atoms with Crippen LogP contribution in [0.2, 0.25) is 0 Å². The van der Waals surface area contributed by atoms with Crippen LogP contribution in [-0.4, -0.2) is 34.4 Å². The number of rotatable bonds is 5. The average Bonchev–Trinajstić information content (AvgIpc) is 3.08. The fourth-order valence-corrected chi connectivity index (χ4v) is 4.26. The molecule has 144 valence electrons.